The maximum atomic E-state index is 14.5. The van der Waals surface area contributed by atoms with Crippen molar-refractivity contribution in [2.24, 2.45) is 17.8 Å². The summed E-state index contributed by atoms with van der Waals surface area (Å²) in [6.07, 6.45) is 10.3. The Bertz CT molecular complexity index is 833. The Balaban J connectivity index is 1.56. The van der Waals surface area contributed by atoms with Gasteiger partial charge in [0, 0.05) is 5.56 Å². The van der Waals surface area contributed by atoms with Crippen molar-refractivity contribution in [3.05, 3.63) is 70.8 Å². The molecule has 0 spiro atoms. The van der Waals surface area contributed by atoms with Crippen molar-refractivity contribution in [3.63, 3.8) is 0 Å². The van der Waals surface area contributed by atoms with E-state index >= 15 is 0 Å². The molecule has 1 fully saturated rings. The fourth-order valence-electron chi connectivity index (χ4n) is 4.54. The zero-order chi connectivity index (χ0) is 20.6. The molecule has 1 unspecified atom stereocenters. The number of rotatable bonds is 6. The molecule has 0 nitrogen and oxygen atoms in total. The number of hydrogen-bond acceptors (Lipinski definition) is 0. The van der Waals surface area contributed by atoms with Gasteiger partial charge >= 0.3 is 0 Å². The van der Waals surface area contributed by atoms with Crippen LogP contribution in [-0.2, 0) is 6.42 Å². The molecule has 0 amide bonds. The van der Waals surface area contributed by atoms with Gasteiger partial charge in [-0.1, -0.05) is 63.9 Å². The molecule has 3 rings (SSSR count). The molecule has 0 aromatic heterocycles. The van der Waals surface area contributed by atoms with Crippen molar-refractivity contribution >= 4 is 0 Å². The molecule has 1 atom stereocenters. The monoisotopic (exact) mass is 394 g/mol. The van der Waals surface area contributed by atoms with E-state index in [-0.39, 0.29) is 11.6 Å². The molecule has 0 heterocycles. The maximum absolute atomic E-state index is 14.5. The lowest BCUT2D eigenvalue weighted by Gasteiger charge is -2.32. The molecule has 2 heteroatoms. The quantitative estimate of drug-likeness (QED) is 0.444. The predicted molar refractivity (Wildman–Crippen MR) is 117 cm³/mol. The predicted octanol–water partition coefficient (Wildman–Crippen LogP) is 7.54. The second-order valence-corrected chi connectivity index (χ2v) is 8.68. The Morgan fingerprint density at radius 3 is 2.34 bits per heavy atom. The summed E-state index contributed by atoms with van der Waals surface area (Å²) in [6.45, 7) is 4.59. The highest BCUT2D eigenvalue weighted by Crippen LogP contribution is 2.36. The maximum Gasteiger partial charge on any atom is 0.139 e. The van der Waals surface area contributed by atoms with Crippen molar-refractivity contribution in [1.29, 1.82) is 0 Å². The van der Waals surface area contributed by atoms with Crippen LogP contribution in [0.5, 0.6) is 0 Å². The van der Waals surface area contributed by atoms with Gasteiger partial charge < -0.3 is 0 Å². The first-order valence-electron chi connectivity index (χ1n) is 11.1. The second kappa shape index (κ2) is 10.6. The smallest absolute Gasteiger partial charge is 0.139 e. The fraction of sp³-hybridized carbons (Fsp3) is 0.481. The molecule has 0 bridgehead atoms. The summed E-state index contributed by atoms with van der Waals surface area (Å²) < 4.78 is 27.5. The molecule has 0 aliphatic heterocycles. The van der Waals surface area contributed by atoms with E-state index in [0.29, 0.717) is 17.0 Å². The van der Waals surface area contributed by atoms with Crippen molar-refractivity contribution in [2.75, 3.05) is 0 Å². The van der Waals surface area contributed by atoms with E-state index in [1.807, 2.05) is 6.07 Å². The first kappa shape index (κ1) is 21.6. The molecule has 1 saturated carbocycles. The Morgan fingerprint density at radius 2 is 1.69 bits per heavy atom. The van der Waals surface area contributed by atoms with E-state index in [9.17, 15) is 8.78 Å². The Morgan fingerprint density at radius 1 is 0.966 bits per heavy atom. The van der Waals surface area contributed by atoms with Crippen LogP contribution in [0.3, 0.4) is 0 Å². The van der Waals surface area contributed by atoms with Crippen LogP contribution in [0.15, 0.2) is 42.5 Å². The van der Waals surface area contributed by atoms with E-state index in [2.05, 4.69) is 25.7 Å². The summed E-state index contributed by atoms with van der Waals surface area (Å²) in [6, 6.07) is 11.3. The van der Waals surface area contributed by atoms with Gasteiger partial charge in [-0.3, -0.25) is 0 Å². The summed E-state index contributed by atoms with van der Waals surface area (Å²) in [7, 11) is 0. The van der Waals surface area contributed by atoms with Gasteiger partial charge in [0.25, 0.3) is 0 Å². The molecule has 154 valence electrons. The van der Waals surface area contributed by atoms with Gasteiger partial charge in [-0.05, 0) is 79.0 Å². The van der Waals surface area contributed by atoms with Crippen LogP contribution in [0.25, 0.3) is 0 Å². The van der Waals surface area contributed by atoms with E-state index < -0.39 is 0 Å². The summed E-state index contributed by atoms with van der Waals surface area (Å²) in [5, 5.41) is 0. The molecular weight excluding hydrogens is 362 g/mol. The third-order valence-electron chi connectivity index (χ3n) is 6.44. The molecule has 0 radical (unpaired) electrons. The lowest BCUT2D eigenvalue weighted by atomic mass is 9.73. The highest BCUT2D eigenvalue weighted by atomic mass is 19.1. The molecule has 0 saturated heterocycles. The highest BCUT2D eigenvalue weighted by Gasteiger charge is 2.25. The van der Waals surface area contributed by atoms with Gasteiger partial charge in [0.2, 0.25) is 0 Å². The largest absolute Gasteiger partial charge is 0.207 e. The van der Waals surface area contributed by atoms with E-state index in [4.69, 9.17) is 0 Å². The minimum absolute atomic E-state index is 0.271. The molecule has 29 heavy (non-hydrogen) atoms. The first-order valence-corrected chi connectivity index (χ1v) is 11.1. The highest BCUT2D eigenvalue weighted by molar-refractivity contribution is 5.44. The molecule has 1 aliphatic rings. The van der Waals surface area contributed by atoms with Crippen LogP contribution >= 0.6 is 0 Å². The van der Waals surface area contributed by atoms with Gasteiger partial charge in [-0.2, -0.15) is 0 Å². The third kappa shape index (κ3) is 6.43. The molecule has 0 N–H and O–H groups in total. The van der Waals surface area contributed by atoms with E-state index in [0.717, 1.165) is 23.8 Å². The van der Waals surface area contributed by atoms with Crippen LogP contribution in [0.2, 0.25) is 0 Å². The second-order valence-electron chi connectivity index (χ2n) is 8.68. The Hall–Kier alpha value is -2.14. The van der Waals surface area contributed by atoms with Gasteiger partial charge in [-0.25, -0.2) is 8.78 Å². The van der Waals surface area contributed by atoms with E-state index in [1.165, 1.54) is 57.1 Å². The topological polar surface area (TPSA) is 0 Å². The van der Waals surface area contributed by atoms with Gasteiger partial charge in [-0.15, -0.1) is 0 Å². The van der Waals surface area contributed by atoms with Crippen molar-refractivity contribution in [3.8, 4) is 11.8 Å². The molecular formula is C27H32F2. The zero-order valence-corrected chi connectivity index (χ0v) is 17.7. The van der Waals surface area contributed by atoms with Gasteiger partial charge in [0.05, 0.1) is 5.56 Å². The summed E-state index contributed by atoms with van der Waals surface area (Å²) in [5.41, 5.74) is 2.12. The SMILES string of the molecule is CCCCC1CCC(C(C)Cc2ccc(C#Cc3ccc(F)cc3)c(F)c2)CC1. The lowest BCUT2D eigenvalue weighted by Crippen LogP contribution is -2.21. The van der Waals surface area contributed by atoms with E-state index in [1.54, 1.807) is 24.3 Å². The van der Waals surface area contributed by atoms with Gasteiger partial charge in [0.15, 0.2) is 0 Å². The fourth-order valence-corrected chi connectivity index (χ4v) is 4.54. The summed E-state index contributed by atoms with van der Waals surface area (Å²) >= 11 is 0. The average molecular weight is 395 g/mol. The van der Waals surface area contributed by atoms with Crippen LogP contribution in [-0.4, -0.2) is 0 Å². The van der Waals surface area contributed by atoms with Crippen molar-refractivity contribution < 1.29 is 8.78 Å². The first-order chi connectivity index (χ1) is 14.0. The molecule has 2 aromatic carbocycles. The van der Waals surface area contributed by atoms with Crippen LogP contribution < -0.4 is 0 Å². The molecule has 1 aliphatic carbocycles. The number of unbranched alkanes of at least 4 members (excludes halogenated alkanes) is 1. The summed E-state index contributed by atoms with van der Waals surface area (Å²) in [4.78, 5) is 0. The minimum Gasteiger partial charge on any atom is -0.207 e. The number of halogens is 2. The number of benzene rings is 2. The van der Waals surface area contributed by atoms with Crippen LogP contribution in [0.1, 0.15) is 75.5 Å². The average Bonchev–Trinajstić information content (AvgIpc) is 2.73. The van der Waals surface area contributed by atoms with Crippen LogP contribution in [0, 0.1) is 41.2 Å². The minimum atomic E-state index is -0.297. The Kier molecular flexibility index (Phi) is 7.87. The van der Waals surface area contributed by atoms with Gasteiger partial charge in [0.1, 0.15) is 11.6 Å². The number of hydrogen-bond donors (Lipinski definition) is 0. The van der Waals surface area contributed by atoms with Crippen LogP contribution in [0.4, 0.5) is 8.78 Å². The Labute approximate surface area is 174 Å². The van der Waals surface area contributed by atoms with Crippen molar-refractivity contribution in [2.45, 2.75) is 65.2 Å². The van der Waals surface area contributed by atoms with Crippen molar-refractivity contribution in [1.82, 2.24) is 0 Å². The normalized spacial score (nSPS) is 20.0. The molecule has 2 aromatic rings. The lowest BCUT2D eigenvalue weighted by molar-refractivity contribution is 0.204. The third-order valence-corrected chi connectivity index (χ3v) is 6.44. The summed E-state index contributed by atoms with van der Waals surface area (Å²) in [5.74, 6) is 7.47. The standard InChI is InChI=1S/C27H32F2/c1-3-4-5-21-6-12-24(13-7-21)20(2)18-23-9-15-25(27(29)19-23)14-8-22-10-16-26(28)17-11-22/h9-11,15-17,19-21,24H,3-7,12-13,18H2,1-2H3. The zero-order valence-electron chi connectivity index (χ0n) is 17.7.